The number of hydrogen-bond donors (Lipinski definition) is 2. The minimum atomic E-state index is -0.761. The average molecular weight is 487 g/mol. The minimum absolute atomic E-state index is 0.194. The molecule has 0 radical (unpaired) electrons. The molecule has 2 atom stereocenters. The summed E-state index contributed by atoms with van der Waals surface area (Å²) in [6.07, 6.45) is 4.47. The van der Waals surface area contributed by atoms with Crippen LogP contribution in [0.3, 0.4) is 0 Å². The molecule has 170 valence electrons. The van der Waals surface area contributed by atoms with Crippen molar-refractivity contribution in [1.82, 2.24) is 34.6 Å². The quantitative estimate of drug-likeness (QED) is 0.452. The summed E-state index contributed by atoms with van der Waals surface area (Å²) in [4.78, 5) is 23.2. The molecule has 0 fully saturated rings. The van der Waals surface area contributed by atoms with E-state index in [0.717, 1.165) is 11.3 Å². The van der Waals surface area contributed by atoms with Gasteiger partial charge in [0.15, 0.2) is 16.6 Å². The number of pyridine rings is 1. The summed E-state index contributed by atoms with van der Waals surface area (Å²) in [5.41, 5.74) is 2.91. The first-order chi connectivity index (χ1) is 15.6. The van der Waals surface area contributed by atoms with Gasteiger partial charge in [-0.1, -0.05) is 37.0 Å². The summed E-state index contributed by atoms with van der Waals surface area (Å²) in [6.45, 7) is 5.73. The fraction of sp³-hybridized carbons (Fsp3) is 0.333. The van der Waals surface area contributed by atoms with Crippen molar-refractivity contribution in [2.45, 2.75) is 44.6 Å². The van der Waals surface area contributed by atoms with Crippen molar-refractivity contribution in [1.29, 1.82) is 0 Å². The van der Waals surface area contributed by atoms with Crippen LogP contribution in [-0.4, -0.2) is 45.6 Å². The fourth-order valence-electron chi connectivity index (χ4n) is 4.25. The molecule has 4 heterocycles. The number of carbonyl (C=O) groups excluding carboxylic acids is 1. The topological polar surface area (TPSA) is 123 Å². The zero-order chi connectivity index (χ0) is 23.5. The summed E-state index contributed by atoms with van der Waals surface area (Å²) in [5, 5.41) is 25.7. The van der Waals surface area contributed by atoms with E-state index < -0.39 is 12.0 Å². The third-order valence-corrected chi connectivity index (χ3v) is 6.21. The predicted octanol–water partition coefficient (Wildman–Crippen LogP) is 3.47. The molecule has 4 aromatic heterocycles. The predicted molar refractivity (Wildman–Crippen MR) is 122 cm³/mol. The standard InChI is InChI=1S/C21H20Cl2N8O2/c1-10(32)15-9-26-31(28-15)19-14(22)4-11(7-25-19)27-20(33)12-6-21(2,3)18-13(12)8-24-17-5-16(23)29-30(17)18/h4-5,7-10,12,32H,6H2,1-3H3,(H,27,33)/t10-,12-/m1/s1. The zero-order valence-electron chi connectivity index (χ0n) is 18.0. The van der Waals surface area contributed by atoms with Crippen molar-refractivity contribution < 1.29 is 9.90 Å². The van der Waals surface area contributed by atoms with Crippen LogP contribution in [0.4, 0.5) is 5.69 Å². The number of nitrogens with zero attached hydrogens (tertiary/aromatic N) is 7. The van der Waals surface area contributed by atoms with E-state index in [9.17, 15) is 9.90 Å². The number of fused-ring (bicyclic) bond motifs is 3. The lowest BCUT2D eigenvalue weighted by Crippen LogP contribution is -2.21. The van der Waals surface area contributed by atoms with Crippen LogP contribution in [0.2, 0.25) is 10.2 Å². The Hall–Kier alpha value is -3.08. The van der Waals surface area contributed by atoms with Gasteiger partial charge in [-0.05, 0) is 19.4 Å². The summed E-state index contributed by atoms with van der Waals surface area (Å²) < 4.78 is 1.72. The van der Waals surface area contributed by atoms with Crippen molar-refractivity contribution in [2.75, 3.05) is 5.32 Å². The Kier molecular flexibility index (Phi) is 5.11. The SMILES string of the molecule is C[C@@H](O)c1cnn(-c2ncc(NC(=O)[C@@H]3CC(C)(C)c4c3cnc3cc(Cl)nn43)cc2Cl)n1. The molecule has 1 amide bonds. The fourth-order valence-corrected chi connectivity index (χ4v) is 4.66. The van der Waals surface area contributed by atoms with Gasteiger partial charge in [0.25, 0.3) is 0 Å². The van der Waals surface area contributed by atoms with Gasteiger partial charge in [-0.25, -0.2) is 14.5 Å². The smallest absolute Gasteiger partial charge is 0.232 e. The number of aromatic nitrogens is 7. The number of hydrogen-bond acceptors (Lipinski definition) is 7. The van der Waals surface area contributed by atoms with E-state index >= 15 is 0 Å². The maximum Gasteiger partial charge on any atom is 0.232 e. The molecule has 0 bridgehead atoms. The molecule has 0 saturated carbocycles. The third-order valence-electron chi connectivity index (χ3n) is 5.75. The number of halogens is 2. The summed E-state index contributed by atoms with van der Waals surface area (Å²) in [5.74, 6) is -0.328. The Morgan fingerprint density at radius 3 is 2.70 bits per heavy atom. The highest BCUT2D eigenvalue weighted by atomic mass is 35.5. The number of amides is 1. The lowest BCUT2D eigenvalue weighted by atomic mass is 9.88. The molecule has 4 aromatic rings. The Labute approximate surface area is 198 Å². The van der Waals surface area contributed by atoms with Gasteiger partial charge in [0, 0.05) is 23.2 Å². The number of aliphatic hydroxyl groups excluding tert-OH is 1. The van der Waals surface area contributed by atoms with Gasteiger partial charge >= 0.3 is 0 Å². The van der Waals surface area contributed by atoms with Crippen LogP contribution < -0.4 is 5.32 Å². The first-order valence-electron chi connectivity index (χ1n) is 10.3. The van der Waals surface area contributed by atoms with E-state index in [1.807, 2.05) is 0 Å². The highest BCUT2D eigenvalue weighted by molar-refractivity contribution is 6.32. The second kappa shape index (κ2) is 7.75. The lowest BCUT2D eigenvalue weighted by molar-refractivity contribution is -0.117. The van der Waals surface area contributed by atoms with Crippen molar-refractivity contribution in [3.05, 3.63) is 57.9 Å². The van der Waals surface area contributed by atoms with E-state index in [2.05, 4.69) is 44.4 Å². The van der Waals surface area contributed by atoms with Crippen LogP contribution in [0, 0.1) is 0 Å². The van der Waals surface area contributed by atoms with Gasteiger partial charge < -0.3 is 10.4 Å². The van der Waals surface area contributed by atoms with E-state index in [1.54, 1.807) is 29.8 Å². The molecule has 0 unspecified atom stereocenters. The molecule has 12 heteroatoms. The van der Waals surface area contributed by atoms with E-state index in [0.29, 0.717) is 28.6 Å². The Bertz CT molecular complexity index is 1390. The Morgan fingerprint density at radius 1 is 1.21 bits per heavy atom. The first kappa shape index (κ1) is 21.7. The van der Waals surface area contributed by atoms with Crippen molar-refractivity contribution in [3.8, 4) is 5.82 Å². The molecule has 2 N–H and O–H groups in total. The van der Waals surface area contributed by atoms with Crippen LogP contribution in [0.25, 0.3) is 11.5 Å². The summed E-state index contributed by atoms with van der Waals surface area (Å²) in [6, 6.07) is 3.28. The summed E-state index contributed by atoms with van der Waals surface area (Å²) in [7, 11) is 0. The van der Waals surface area contributed by atoms with E-state index in [1.165, 1.54) is 17.2 Å². The molecule has 0 aliphatic heterocycles. The monoisotopic (exact) mass is 486 g/mol. The van der Waals surface area contributed by atoms with Crippen molar-refractivity contribution in [2.24, 2.45) is 0 Å². The van der Waals surface area contributed by atoms with Gasteiger partial charge in [0.05, 0.1) is 40.8 Å². The first-order valence-corrected chi connectivity index (χ1v) is 11.0. The van der Waals surface area contributed by atoms with Crippen molar-refractivity contribution >= 4 is 40.4 Å². The molecular weight excluding hydrogens is 467 g/mol. The molecule has 1 aliphatic rings. The Morgan fingerprint density at radius 2 is 2.00 bits per heavy atom. The van der Waals surface area contributed by atoms with Crippen LogP contribution in [0.15, 0.2) is 30.7 Å². The summed E-state index contributed by atoms with van der Waals surface area (Å²) >= 11 is 12.5. The maximum atomic E-state index is 13.2. The molecular formula is C21H20Cl2N8O2. The van der Waals surface area contributed by atoms with Gasteiger partial charge in [-0.15, -0.1) is 9.90 Å². The third kappa shape index (κ3) is 3.73. The van der Waals surface area contributed by atoms with Crippen LogP contribution in [0.1, 0.15) is 56.2 Å². The molecule has 0 saturated heterocycles. The van der Waals surface area contributed by atoms with Gasteiger partial charge in [-0.3, -0.25) is 4.79 Å². The van der Waals surface area contributed by atoms with E-state index in [4.69, 9.17) is 23.2 Å². The minimum Gasteiger partial charge on any atom is -0.387 e. The average Bonchev–Trinajstić information content (AvgIpc) is 3.43. The molecule has 0 spiro atoms. The largest absolute Gasteiger partial charge is 0.387 e. The number of aliphatic hydroxyl groups is 1. The zero-order valence-corrected chi connectivity index (χ0v) is 19.5. The lowest BCUT2D eigenvalue weighted by Gasteiger charge is -2.19. The normalized spacial score (nSPS) is 17.8. The van der Waals surface area contributed by atoms with E-state index in [-0.39, 0.29) is 22.2 Å². The Balaban J connectivity index is 1.41. The molecule has 1 aliphatic carbocycles. The highest BCUT2D eigenvalue weighted by Crippen LogP contribution is 2.46. The second-order valence-electron chi connectivity index (χ2n) is 8.69. The van der Waals surface area contributed by atoms with Crippen LogP contribution >= 0.6 is 23.2 Å². The maximum absolute atomic E-state index is 13.2. The molecule has 33 heavy (non-hydrogen) atoms. The number of nitrogens with one attached hydrogen (secondary N) is 1. The molecule has 5 rings (SSSR count). The van der Waals surface area contributed by atoms with Crippen LogP contribution in [-0.2, 0) is 10.2 Å². The number of carbonyl (C=O) groups is 1. The van der Waals surface area contributed by atoms with Crippen LogP contribution in [0.5, 0.6) is 0 Å². The van der Waals surface area contributed by atoms with Gasteiger partial charge in [0.2, 0.25) is 5.91 Å². The van der Waals surface area contributed by atoms with Gasteiger partial charge in [-0.2, -0.15) is 10.2 Å². The second-order valence-corrected chi connectivity index (χ2v) is 9.49. The highest BCUT2D eigenvalue weighted by Gasteiger charge is 2.43. The number of rotatable bonds is 4. The molecule has 0 aromatic carbocycles. The number of anilines is 1. The molecule has 10 nitrogen and oxygen atoms in total. The van der Waals surface area contributed by atoms with Crippen molar-refractivity contribution in [3.63, 3.8) is 0 Å². The van der Waals surface area contributed by atoms with Gasteiger partial charge in [0.1, 0.15) is 5.69 Å².